The number of ketones is 1. The number of benzene rings is 4. The van der Waals surface area contributed by atoms with Gasteiger partial charge in [0.15, 0.2) is 11.4 Å². The Morgan fingerprint density at radius 2 is 1.07 bits per heavy atom. The molecule has 40 heavy (non-hydrogen) atoms. The largest absolute Gasteiger partial charge is 0.394 e. The van der Waals surface area contributed by atoms with Gasteiger partial charge < -0.3 is 25.2 Å². The quantitative estimate of drug-likeness (QED) is 0.194. The molecule has 0 unspecified atom stereocenters. The van der Waals surface area contributed by atoms with Crippen LogP contribution in [0.3, 0.4) is 0 Å². The third-order valence-corrected chi connectivity index (χ3v) is 7.34. The smallest absolute Gasteiger partial charge is 0.172 e. The third kappa shape index (κ3) is 6.73. The number of aliphatic hydroxyl groups is 4. The van der Waals surface area contributed by atoms with Gasteiger partial charge in [-0.05, 0) is 22.3 Å². The van der Waals surface area contributed by atoms with Crippen molar-refractivity contribution in [3.63, 3.8) is 0 Å². The number of aliphatic hydroxyl groups excluding tert-OH is 3. The number of hydrogen-bond acceptors (Lipinski definition) is 6. The number of carbonyl (C=O) groups is 1. The number of Topliss-reactive ketones (excluding diaryl/α,β-unsaturated/α-hetero) is 1. The lowest BCUT2D eigenvalue weighted by molar-refractivity contribution is -0.241. The van der Waals surface area contributed by atoms with Crippen LogP contribution in [0.15, 0.2) is 121 Å². The molecular weight excluding hydrogens is 504 g/mol. The maximum Gasteiger partial charge on any atom is 0.172 e. The molecule has 0 saturated heterocycles. The van der Waals surface area contributed by atoms with Crippen molar-refractivity contribution in [1.29, 1.82) is 0 Å². The SMILES string of the molecule is O=C(Cc1ccccc1)[C@](Cc1ccccc1)(OCc1ccccc1)[C@](O)(Cc1ccccc1)[C@H](O)[C@H](O)CO. The second-order valence-corrected chi connectivity index (χ2v) is 10.1. The summed E-state index contributed by atoms with van der Waals surface area (Å²) in [6, 6.07) is 36.5. The van der Waals surface area contributed by atoms with Crippen LogP contribution in [0.2, 0.25) is 0 Å². The molecule has 6 heteroatoms. The molecule has 0 heterocycles. The molecule has 4 aromatic carbocycles. The van der Waals surface area contributed by atoms with Crippen LogP contribution in [0.5, 0.6) is 0 Å². The minimum absolute atomic E-state index is 0.0345. The summed E-state index contributed by atoms with van der Waals surface area (Å²) in [6.45, 7) is -0.849. The highest BCUT2D eigenvalue weighted by Crippen LogP contribution is 2.40. The molecular formula is C34H36O6. The van der Waals surface area contributed by atoms with Crippen molar-refractivity contribution >= 4 is 5.78 Å². The fourth-order valence-electron chi connectivity index (χ4n) is 5.15. The maximum atomic E-state index is 14.6. The average Bonchev–Trinajstić information content (AvgIpc) is 3.00. The van der Waals surface area contributed by atoms with E-state index in [4.69, 9.17) is 4.74 Å². The van der Waals surface area contributed by atoms with Crippen molar-refractivity contribution in [3.05, 3.63) is 144 Å². The monoisotopic (exact) mass is 540 g/mol. The Morgan fingerprint density at radius 3 is 1.55 bits per heavy atom. The topological polar surface area (TPSA) is 107 Å². The first-order valence-electron chi connectivity index (χ1n) is 13.4. The standard InChI is InChI=1S/C34H36O6/c35-24-30(36)32(38)33(39,22-27-15-7-2-8-16-27)34(23-28-17-9-3-10-18-28,40-25-29-19-11-4-12-20-29)31(37)21-26-13-5-1-6-14-26/h1-20,30,32,35-36,38-39H,21-25H2/t30-,32-,33+,34+/m1/s1. The molecule has 0 fully saturated rings. The molecule has 4 aromatic rings. The number of hydrogen-bond donors (Lipinski definition) is 4. The zero-order valence-corrected chi connectivity index (χ0v) is 22.3. The van der Waals surface area contributed by atoms with E-state index < -0.39 is 35.8 Å². The Kier molecular flexibility index (Phi) is 9.98. The first kappa shape index (κ1) is 29.3. The molecule has 0 bridgehead atoms. The lowest BCUT2D eigenvalue weighted by Gasteiger charge is -2.49. The van der Waals surface area contributed by atoms with E-state index in [-0.39, 0.29) is 25.9 Å². The van der Waals surface area contributed by atoms with E-state index in [1.165, 1.54) is 0 Å². The van der Waals surface area contributed by atoms with E-state index in [1.807, 2.05) is 97.1 Å². The second-order valence-electron chi connectivity index (χ2n) is 10.1. The van der Waals surface area contributed by atoms with Gasteiger partial charge in [-0.25, -0.2) is 0 Å². The Morgan fingerprint density at radius 1 is 0.650 bits per heavy atom. The summed E-state index contributed by atoms with van der Waals surface area (Å²) in [4.78, 5) is 14.6. The van der Waals surface area contributed by atoms with E-state index in [2.05, 4.69) is 0 Å². The van der Waals surface area contributed by atoms with E-state index in [0.717, 1.165) is 5.56 Å². The van der Waals surface area contributed by atoms with Gasteiger partial charge in [-0.15, -0.1) is 0 Å². The van der Waals surface area contributed by atoms with Gasteiger partial charge >= 0.3 is 0 Å². The molecule has 0 radical (unpaired) electrons. The van der Waals surface area contributed by atoms with E-state index in [9.17, 15) is 25.2 Å². The van der Waals surface area contributed by atoms with Crippen molar-refractivity contribution in [3.8, 4) is 0 Å². The molecule has 0 aliphatic rings. The van der Waals surface area contributed by atoms with Gasteiger partial charge in [0.05, 0.1) is 13.2 Å². The molecule has 0 aliphatic heterocycles. The maximum absolute atomic E-state index is 14.6. The Hall–Kier alpha value is -3.65. The Labute approximate surface area is 235 Å². The molecule has 0 amide bonds. The van der Waals surface area contributed by atoms with Gasteiger partial charge in [0.1, 0.15) is 17.8 Å². The van der Waals surface area contributed by atoms with Crippen LogP contribution in [0.25, 0.3) is 0 Å². The highest BCUT2D eigenvalue weighted by molar-refractivity contribution is 5.91. The van der Waals surface area contributed by atoms with Gasteiger partial charge in [0, 0.05) is 19.3 Å². The molecule has 4 rings (SSSR count). The molecule has 0 aromatic heterocycles. The molecule has 0 spiro atoms. The first-order valence-corrected chi connectivity index (χ1v) is 13.4. The number of carbonyl (C=O) groups excluding carboxylic acids is 1. The molecule has 0 saturated carbocycles. The highest BCUT2D eigenvalue weighted by Gasteiger charge is 2.61. The molecule has 6 nitrogen and oxygen atoms in total. The van der Waals surface area contributed by atoms with Crippen molar-refractivity contribution in [2.45, 2.75) is 49.3 Å². The first-order chi connectivity index (χ1) is 19.4. The molecule has 208 valence electrons. The zero-order valence-electron chi connectivity index (χ0n) is 22.3. The van der Waals surface area contributed by atoms with Gasteiger partial charge in [-0.3, -0.25) is 4.79 Å². The zero-order chi connectivity index (χ0) is 28.4. The fraction of sp³-hybridized carbons (Fsp3) is 0.265. The van der Waals surface area contributed by atoms with Crippen LogP contribution in [0, 0.1) is 0 Å². The van der Waals surface area contributed by atoms with Crippen LogP contribution in [-0.2, 0) is 35.4 Å². The minimum Gasteiger partial charge on any atom is -0.394 e. The molecule has 4 N–H and O–H groups in total. The summed E-state index contributed by atoms with van der Waals surface area (Å²) in [5.74, 6) is -0.457. The van der Waals surface area contributed by atoms with E-state index in [0.29, 0.717) is 16.7 Å². The molecule has 4 atom stereocenters. The second kappa shape index (κ2) is 13.6. The van der Waals surface area contributed by atoms with E-state index >= 15 is 0 Å². The summed E-state index contributed by atoms with van der Waals surface area (Å²) in [7, 11) is 0. The fourth-order valence-corrected chi connectivity index (χ4v) is 5.15. The summed E-state index contributed by atoms with van der Waals surface area (Å²) in [6.07, 6.45) is -4.02. The lowest BCUT2D eigenvalue weighted by Crippen LogP contribution is -2.71. The van der Waals surface area contributed by atoms with Gasteiger partial charge in [0.25, 0.3) is 0 Å². The van der Waals surface area contributed by atoms with Crippen LogP contribution in [0.1, 0.15) is 22.3 Å². The Balaban J connectivity index is 1.92. The normalized spacial score (nSPS) is 15.9. The predicted octanol–water partition coefficient (Wildman–Crippen LogP) is 3.68. The highest BCUT2D eigenvalue weighted by atomic mass is 16.5. The summed E-state index contributed by atoms with van der Waals surface area (Å²) < 4.78 is 6.55. The van der Waals surface area contributed by atoms with Crippen molar-refractivity contribution < 1.29 is 30.0 Å². The summed E-state index contributed by atoms with van der Waals surface area (Å²) in [5.41, 5.74) is -1.55. The van der Waals surface area contributed by atoms with Crippen LogP contribution in [0.4, 0.5) is 0 Å². The summed E-state index contributed by atoms with van der Waals surface area (Å²) >= 11 is 0. The lowest BCUT2D eigenvalue weighted by atomic mass is 9.67. The van der Waals surface area contributed by atoms with Crippen molar-refractivity contribution in [2.75, 3.05) is 6.61 Å². The van der Waals surface area contributed by atoms with Crippen molar-refractivity contribution in [1.82, 2.24) is 0 Å². The third-order valence-electron chi connectivity index (χ3n) is 7.34. The predicted molar refractivity (Wildman–Crippen MR) is 153 cm³/mol. The average molecular weight is 541 g/mol. The van der Waals surface area contributed by atoms with Crippen LogP contribution < -0.4 is 0 Å². The Bertz CT molecular complexity index is 1320. The number of ether oxygens (including phenoxy) is 1. The number of rotatable bonds is 14. The summed E-state index contributed by atoms with van der Waals surface area (Å²) in [5, 5.41) is 44.7. The van der Waals surface area contributed by atoms with Gasteiger partial charge in [-0.1, -0.05) is 121 Å². The van der Waals surface area contributed by atoms with Crippen LogP contribution in [-0.4, -0.2) is 56.2 Å². The van der Waals surface area contributed by atoms with Crippen molar-refractivity contribution in [2.24, 2.45) is 0 Å². The van der Waals surface area contributed by atoms with Gasteiger partial charge in [0.2, 0.25) is 0 Å². The van der Waals surface area contributed by atoms with E-state index in [1.54, 1.807) is 24.3 Å². The van der Waals surface area contributed by atoms with Gasteiger partial charge in [-0.2, -0.15) is 0 Å². The minimum atomic E-state index is -2.34. The molecule has 0 aliphatic carbocycles. The van der Waals surface area contributed by atoms with Crippen LogP contribution >= 0.6 is 0 Å².